The third-order valence-electron chi connectivity index (χ3n) is 5.43. The van der Waals surface area contributed by atoms with E-state index in [4.69, 9.17) is 9.72 Å². The van der Waals surface area contributed by atoms with Crippen LogP contribution in [0.5, 0.6) is 5.75 Å². The maximum atomic E-state index is 12.7. The zero-order valence-corrected chi connectivity index (χ0v) is 18.2. The van der Waals surface area contributed by atoms with Gasteiger partial charge in [0.1, 0.15) is 18.2 Å². The van der Waals surface area contributed by atoms with E-state index < -0.39 is 0 Å². The van der Waals surface area contributed by atoms with Gasteiger partial charge in [-0.15, -0.1) is 0 Å². The highest BCUT2D eigenvalue weighted by Gasteiger charge is 2.13. The molecular weight excluding hydrogens is 386 g/mol. The molecule has 4 aromatic rings. The van der Waals surface area contributed by atoms with Gasteiger partial charge in [0.25, 0.3) is 5.91 Å². The van der Waals surface area contributed by atoms with Gasteiger partial charge >= 0.3 is 0 Å². The van der Waals surface area contributed by atoms with Crippen molar-refractivity contribution in [2.45, 2.75) is 33.9 Å². The second-order valence-corrected chi connectivity index (χ2v) is 7.78. The lowest BCUT2D eigenvalue weighted by molar-refractivity contribution is 0.0949. The van der Waals surface area contributed by atoms with Crippen molar-refractivity contribution in [1.82, 2.24) is 14.9 Å². The molecule has 0 atom stereocenters. The van der Waals surface area contributed by atoms with Crippen LogP contribution in [-0.4, -0.2) is 22.1 Å². The molecule has 0 radical (unpaired) electrons. The Morgan fingerprint density at radius 3 is 2.55 bits per heavy atom. The number of carbonyl (C=O) groups excluding carboxylic acids is 1. The third-order valence-corrected chi connectivity index (χ3v) is 5.43. The Labute approximate surface area is 182 Å². The predicted molar refractivity (Wildman–Crippen MR) is 123 cm³/mol. The van der Waals surface area contributed by atoms with E-state index in [1.54, 1.807) is 0 Å². The second kappa shape index (κ2) is 9.04. The van der Waals surface area contributed by atoms with E-state index in [1.807, 2.05) is 61.5 Å². The zero-order chi connectivity index (χ0) is 21.8. The van der Waals surface area contributed by atoms with E-state index in [9.17, 15) is 4.79 Å². The van der Waals surface area contributed by atoms with Crippen molar-refractivity contribution < 1.29 is 9.53 Å². The van der Waals surface area contributed by atoms with Crippen molar-refractivity contribution in [3.05, 3.63) is 94.8 Å². The number of para-hydroxylation sites is 2. The number of nitrogens with one attached hydrogen (secondary N) is 1. The van der Waals surface area contributed by atoms with Gasteiger partial charge < -0.3 is 14.6 Å². The topological polar surface area (TPSA) is 56.1 Å². The quantitative estimate of drug-likeness (QED) is 0.465. The normalized spacial score (nSPS) is 10.9. The maximum Gasteiger partial charge on any atom is 0.251 e. The summed E-state index contributed by atoms with van der Waals surface area (Å²) >= 11 is 0. The summed E-state index contributed by atoms with van der Waals surface area (Å²) < 4.78 is 8.17. The van der Waals surface area contributed by atoms with Crippen molar-refractivity contribution in [1.29, 1.82) is 0 Å². The predicted octanol–water partition coefficient (Wildman–Crippen LogP) is 4.97. The number of rotatable bonds is 7. The molecule has 0 bridgehead atoms. The summed E-state index contributed by atoms with van der Waals surface area (Å²) in [5, 5.41) is 3.02. The summed E-state index contributed by atoms with van der Waals surface area (Å²) in [6.45, 7) is 7.58. The number of carbonyl (C=O) groups is 1. The Kier molecular flexibility index (Phi) is 6.03. The number of ether oxygens (including phenoxy) is 1. The number of fused-ring (bicyclic) bond motifs is 1. The highest BCUT2D eigenvalue weighted by molar-refractivity contribution is 5.95. The van der Waals surface area contributed by atoms with Crippen LogP contribution in [0.4, 0.5) is 0 Å². The van der Waals surface area contributed by atoms with Gasteiger partial charge in [0.05, 0.1) is 24.1 Å². The molecule has 4 rings (SSSR count). The number of nitrogens with zero attached hydrogens (tertiary/aromatic N) is 2. The Hall–Kier alpha value is -3.60. The molecule has 5 nitrogen and oxygen atoms in total. The van der Waals surface area contributed by atoms with E-state index in [0.29, 0.717) is 25.3 Å². The molecule has 0 saturated carbocycles. The van der Waals surface area contributed by atoms with Crippen molar-refractivity contribution in [3.8, 4) is 5.75 Å². The molecule has 5 heteroatoms. The molecule has 1 aromatic heterocycles. The van der Waals surface area contributed by atoms with Crippen LogP contribution in [0.2, 0.25) is 0 Å². The summed E-state index contributed by atoms with van der Waals surface area (Å²) in [5.41, 5.74) is 5.93. The molecule has 1 heterocycles. The van der Waals surface area contributed by atoms with Gasteiger partial charge in [0.15, 0.2) is 0 Å². The molecule has 0 fully saturated rings. The molecule has 0 aliphatic carbocycles. The van der Waals surface area contributed by atoms with Gasteiger partial charge in [0.2, 0.25) is 0 Å². The average molecular weight is 414 g/mol. The van der Waals surface area contributed by atoms with Gasteiger partial charge in [-0.1, -0.05) is 48.0 Å². The number of aryl methyl sites for hydroxylation is 3. The van der Waals surface area contributed by atoms with Crippen molar-refractivity contribution >= 4 is 16.9 Å². The summed E-state index contributed by atoms with van der Waals surface area (Å²) in [7, 11) is 0. The minimum absolute atomic E-state index is 0.0942. The van der Waals surface area contributed by atoms with Gasteiger partial charge in [-0.25, -0.2) is 4.98 Å². The molecule has 3 aromatic carbocycles. The molecule has 0 aliphatic heterocycles. The standard InChI is InChI=1S/C26H27N3O2/c1-18-12-13-24(20(3)16-18)31-15-14-29-23-11-7-6-10-22(23)28-25(29)17-27-26(30)21-9-5-4-8-19(21)2/h4-13,16H,14-15,17H2,1-3H3,(H,27,30). The highest BCUT2D eigenvalue weighted by atomic mass is 16.5. The van der Waals surface area contributed by atoms with E-state index >= 15 is 0 Å². The molecule has 1 N–H and O–H groups in total. The maximum absolute atomic E-state index is 12.7. The van der Waals surface area contributed by atoms with E-state index in [1.165, 1.54) is 5.56 Å². The van der Waals surface area contributed by atoms with Crippen LogP contribution >= 0.6 is 0 Å². The van der Waals surface area contributed by atoms with Crippen molar-refractivity contribution in [2.75, 3.05) is 6.61 Å². The van der Waals surface area contributed by atoms with Crippen LogP contribution in [0.15, 0.2) is 66.7 Å². The van der Waals surface area contributed by atoms with Crippen LogP contribution in [0, 0.1) is 20.8 Å². The molecule has 0 unspecified atom stereocenters. The van der Waals surface area contributed by atoms with Crippen LogP contribution in [-0.2, 0) is 13.1 Å². The fourth-order valence-electron chi connectivity index (χ4n) is 3.80. The Bertz CT molecular complexity index is 1230. The van der Waals surface area contributed by atoms with Crippen LogP contribution in [0.25, 0.3) is 11.0 Å². The summed E-state index contributed by atoms with van der Waals surface area (Å²) in [6.07, 6.45) is 0. The minimum atomic E-state index is -0.0942. The van der Waals surface area contributed by atoms with Gasteiger partial charge in [-0.3, -0.25) is 4.79 Å². The average Bonchev–Trinajstić information content (AvgIpc) is 3.11. The second-order valence-electron chi connectivity index (χ2n) is 7.78. The molecule has 1 amide bonds. The third kappa shape index (κ3) is 4.61. The van der Waals surface area contributed by atoms with E-state index in [-0.39, 0.29) is 5.91 Å². The summed E-state index contributed by atoms with van der Waals surface area (Å²) in [6, 6.07) is 21.8. The number of hydrogen-bond acceptors (Lipinski definition) is 3. The number of hydrogen-bond donors (Lipinski definition) is 1. The number of benzene rings is 3. The number of imidazole rings is 1. The first-order valence-electron chi connectivity index (χ1n) is 10.5. The SMILES string of the molecule is Cc1ccc(OCCn2c(CNC(=O)c3ccccc3C)nc3ccccc32)c(C)c1. The molecule has 0 spiro atoms. The van der Waals surface area contributed by atoms with Crippen LogP contribution < -0.4 is 10.1 Å². The lowest BCUT2D eigenvalue weighted by Gasteiger charge is -2.13. The molecule has 0 aliphatic rings. The van der Waals surface area contributed by atoms with Gasteiger partial charge in [-0.05, 0) is 56.2 Å². The summed E-state index contributed by atoms with van der Waals surface area (Å²) in [4.78, 5) is 17.4. The van der Waals surface area contributed by atoms with Gasteiger partial charge in [-0.2, -0.15) is 0 Å². The first-order valence-corrected chi connectivity index (χ1v) is 10.5. The molecular formula is C26H27N3O2. The highest BCUT2D eigenvalue weighted by Crippen LogP contribution is 2.20. The minimum Gasteiger partial charge on any atom is -0.491 e. The molecule has 31 heavy (non-hydrogen) atoms. The first kappa shape index (κ1) is 20.7. The number of aromatic nitrogens is 2. The fourth-order valence-corrected chi connectivity index (χ4v) is 3.80. The lowest BCUT2D eigenvalue weighted by atomic mass is 10.1. The van der Waals surface area contributed by atoms with E-state index in [0.717, 1.165) is 33.7 Å². The van der Waals surface area contributed by atoms with Crippen LogP contribution in [0.3, 0.4) is 0 Å². The fraction of sp³-hybridized carbons (Fsp3) is 0.231. The monoisotopic (exact) mass is 413 g/mol. The zero-order valence-electron chi connectivity index (χ0n) is 18.2. The first-order chi connectivity index (χ1) is 15.0. The van der Waals surface area contributed by atoms with Crippen molar-refractivity contribution in [2.24, 2.45) is 0 Å². The lowest BCUT2D eigenvalue weighted by Crippen LogP contribution is -2.26. The van der Waals surface area contributed by atoms with Crippen LogP contribution in [0.1, 0.15) is 32.9 Å². The Morgan fingerprint density at radius 2 is 1.74 bits per heavy atom. The summed E-state index contributed by atoms with van der Waals surface area (Å²) in [5.74, 6) is 1.61. The smallest absolute Gasteiger partial charge is 0.251 e. The largest absolute Gasteiger partial charge is 0.491 e. The Morgan fingerprint density at radius 1 is 0.968 bits per heavy atom. The molecule has 0 saturated heterocycles. The number of amides is 1. The molecule has 158 valence electrons. The Balaban J connectivity index is 1.50. The van der Waals surface area contributed by atoms with Crippen molar-refractivity contribution in [3.63, 3.8) is 0 Å². The van der Waals surface area contributed by atoms with Gasteiger partial charge in [0, 0.05) is 5.56 Å². The van der Waals surface area contributed by atoms with E-state index in [2.05, 4.69) is 35.9 Å².